The van der Waals surface area contributed by atoms with Gasteiger partial charge in [-0.05, 0) is 23.8 Å². The molecule has 1 aliphatic heterocycles. The Labute approximate surface area is 117 Å². The van der Waals surface area contributed by atoms with Crippen molar-refractivity contribution in [3.05, 3.63) is 35.9 Å². The number of benzene rings is 1. The van der Waals surface area contributed by atoms with Crippen LogP contribution in [0.25, 0.3) is 0 Å². The minimum absolute atomic E-state index is 0.480. The van der Waals surface area contributed by atoms with E-state index in [0.717, 1.165) is 11.8 Å². The van der Waals surface area contributed by atoms with E-state index in [0.29, 0.717) is 11.3 Å². The summed E-state index contributed by atoms with van der Waals surface area (Å²) in [7, 11) is 0. The first kappa shape index (κ1) is 12.9. The third-order valence-electron chi connectivity index (χ3n) is 3.96. The monoisotopic (exact) mass is 280 g/mol. The molecule has 1 aliphatic carbocycles. The second-order valence-corrected chi connectivity index (χ2v) is 7.59. The maximum Gasteiger partial charge on any atom is 0.0371 e. The summed E-state index contributed by atoms with van der Waals surface area (Å²) in [5.74, 6) is 11.1. The van der Waals surface area contributed by atoms with Gasteiger partial charge in [0.25, 0.3) is 0 Å². The molecular weight excluding hydrogens is 260 g/mol. The van der Waals surface area contributed by atoms with Gasteiger partial charge >= 0.3 is 0 Å². The number of hydrogen-bond donors (Lipinski definition) is 2. The van der Waals surface area contributed by atoms with Gasteiger partial charge in [-0.3, -0.25) is 11.3 Å². The Bertz CT molecular complexity index is 379. The van der Waals surface area contributed by atoms with Crippen LogP contribution in [0.2, 0.25) is 0 Å². The fraction of sp³-hybridized carbons (Fsp3) is 0.571. The summed E-state index contributed by atoms with van der Waals surface area (Å²) < 4.78 is 0. The number of rotatable bonds is 4. The van der Waals surface area contributed by atoms with Gasteiger partial charge in [-0.2, -0.15) is 23.5 Å². The van der Waals surface area contributed by atoms with Crippen LogP contribution in [0.1, 0.15) is 17.9 Å². The van der Waals surface area contributed by atoms with E-state index in [-0.39, 0.29) is 0 Å². The third kappa shape index (κ3) is 2.72. The highest BCUT2D eigenvalue weighted by Gasteiger charge is 2.46. The highest BCUT2D eigenvalue weighted by atomic mass is 32.2. The van der Waals surface area contributed by atoms with Crippen molar-refractivity contribution in [3.63, 3.8) is 0 Å². The van der Waals surface area contributed by atoms with Crippen LogP contribution >= 0.6 is 23.5 Å². The van der Waals surface area contributed by atoms with Crippen molar-refractivity contribution in [1.82, 2.24) is 5.43 Å². The highest BCUT2D eigenvalue weighted by Crippen LogP contribution is 2.51. The molecule has 4 heteroatoms. The Morgan fingerprint density at radius 3 is 2.72 bits per heavy atom. The van der Waals surface area contributed by atoms with E-state index in [9.17, 15) is 0 Å². The van der Waals surface area contributed by atoms with Crippen LogP contribution in [-0.4, -0.2) is 28.6 Å². The van der Waals surface area contributed by atoms with Crippen molar-refractivity contribution in [2.24, 2.45) is 11.8 Å². The molecule has 0 spiro atoms. The average Bonchev–Trinajstić information content (AvgIpc) is 3.22. The molecule has 1 aromatic rings. The molecule has 2 aliphatic rings. The molecule has 0 bridgehead atoms. The Balaban J connectivity index is 1.64. The molecule has 0 radical (unpaired) electrons. The summed E-state index contributed by atoms with van der Waals surface area (Å²) in [4.78, 5) is 0. The first-order valence-corrected chi connectivity index (χ1v) is 8.81. The van der Waals surface area contributed by atoms with Crippen molar-refractivity contribution in [2.45, 2.75) is 23.6 Å². The lowest BCUT2D eigenvalue weighted by Crippen LogP contribution is -2.46. The van der Waals surface area contributed by atoms with Crippen LogP contribution in [0.5, 0.6) is 0 Å². The SMILES string of the molecule is NNC(C1CSCCS1)C1CC1c1ccccc1. The standard InChI is InChI=1S/C14H20N2S2/c15-16-14(13-9-17-6-7-18-13)12-8-11(12)10-4-2-1-3-5-10/h1-5,11-14,16H,6-9,15H2. The highest BCUT2D eigenvalue weighted by molar-refractivity contribution is 8.06. The predicted octanol–water partition coefficient (Wildman–Crippen LogP) is 2.47. The largest absolute Gasteiger partial charge is 0.271 e. The van der Waals surface area contributed by atoms with Crippen LogP contribution in [0.15, 0.2) is 30.3 Å². The van der Waals surface area contributed by atoms with E-state index in [4.69, 9.17) is 5.84 Å². The van der Waals surface area contributed by atoms with Crippen molar-refractivity contribution >= 4 is 23.5 Å². The lowest BCUT2D eigenvalue weighted by Gasteiger charge is -2.29. The fourth-order valence-electron chi connectivity index (χ4n) is 2.92. The molecule has 1 saturated heterocycles. The predicted molar refractivity (Wildman–Crippen MR) is 82.0 cm³/mol. The maximum atomic E-state index is 5.81. The first-order valence-electron chi connectivity index (χ1n) is 6.60. The van der Waals surface area contributed by atoms with Gasteiger partial charge in [-0.1, -0.05) is 30.3 Å². The molecule has 4 atom stereocenters. The van der Waals surface area contributed by atoms with Crippen molar-refractivity contribution < 1.29 is 0 Å². The second-order valence-electron chi connectivity index (χ2n) is 5.09. The summed E-state index contributed by atoms with van der Waals surface area (Å²) in [6.45, 7) is 0. The van der Waals surface area contributed by atoms with E-state index in [1.54, 1.807) is 0 Å². The van der Waals surface area contributed by atoms with Crippen LogP contribution in [0.3, 0.4) is 0 Å². The number of hydrazine groups is 1. The lowest BCUT2D eigenvalue weighted by atomic mass is 10.0. The first-order chi connectivity index (χ1) is 8.90. The number of nitrogens with two attached hydrogens (primary N) is 1. The van der Waals surface area contributed by atoms with E-state index < -0.39 is 0 Å². The van der Waals surface area contributed by atoms with Crippen molar-refractivity contribution in [3.8, 4) is 0 Å². The van der Waals surface area contributed by atoms with E-state index >= 15 is 0 Å². The van der Waals surface area contributed by atoms with Crippen LogP contribution < -0.4 is 11.3 Å². The minimum Gasteiger partial charge on any atom is -0.271 e. The zero-order chi connectivity index (χ0) is 12.4. The summed E-state index contributed by atoms with van der Waals surface area (Å²) in [6, 6.07) is 11.4. The summed E-state index contributed by atoms with van der Waals surface area (Å²) in [6.07, 6.45) is 1.29. The van der Waals surface area contributed by atoms with Gasteiger partial charge in [-0.15, -0.1) is 0 Å². The molecule has 2 fully saturated rings. The summed E-state index contributed by atoms with van der Waals surface area (Å²) in [5.41, 5.74) is 4.58. The maximum absolute atomic E-state index is 5.81. The molecule has 18 heavy (non-hydrogen) atoms. The quantitative estimate of drug-likeness (QED) is 0.656. The van der Waals surface area contributed by atoms with E-state index in [1.807, 2.05) is 0 Å². The Hall–Kier alpha value is -0.160. The molecule has 3 rings (SSSR count). The summed E-state index contributed by atoms with van der Waals surface area (Å²) in [5, 5.41) is 0.687. The molecule has 98 valence electrons. The van der Waals surface area contributed by atoms with Gasteiger partial charge in [0, 0.05) is 28.6 Å². The fourth-order valence-corrected chi connectivity index (χ4v) is 5.84. The molecule has 4 unspecified atom stereocenters. The van der Waals surface area contributed by atoms with E-state index in [1.165, 1.54) is 29.2 Å². The van der Waals surface area contributed by atoms with Gasteiger partial charge in [0.05, 0.1) is 0 Å². The molecule has 1 heterocycles. The average molecular weight is 280 g/mol. The molecule has 0 amide bonds. The van der Waals surface area contributed by atoms with Gasteiger partial charge < -0.3 is 0 Å². The molecule has 2 nitrogen and oxygen atoms in total. The third-order valence-corrected chi connectivity index (χ3v) is 6.85. The number of nitrogens with one attached hydrogen (secondary N) is 1. The smallest absolute Gasteiger partial charge is 0.0371 e. The van der Waals surface area contributed by atoms with Crippen LogP contribution in [0, 0.1) is 5.92 Å². The lowest BCUT2D eigenvalue weighted by molar-refractivity contribution is 0.466. The van der Waals surface area contributed by atoms with Crippen molar-refractivity contribution in [1.29, 1.82) is 0 Å². The topological polar surface area (TPSA) is 38.0 Å². The van der Waals surface area contributed by atoms with E-state index in [2.05, 4.69) is 59.3 Å². The molecular formula is C14H20N2S2. The van der Waals surface area contributed by atoms with Gasteiger partial charge in [0.2, 0.25) is 0 Å². The van der Waals surface area contributed by atoms with Gasteiger partial charge in [0.15, 0.2) is 0 Å². The zero-order valence-corrected chi connectivity index (χ0v) is 12.1. The van der Waals surface area contributed by atoms with Crippen LogP contribution in [0.4, 0.5) is 0 Å². The normalized spacial score (nSPS) is 33.1. The Morgan fingerprint density at radius 2 is 2.06 bits per heavy atom. The van der Waals surface area contributed by atoms with Crippen molar-refractivity contribution in [2.75, 3.05) is 17.3 Å². The number of hydrogen-bond acceptors (Lipinski definition) is 4. The molecule has 3 N–H and O–H groups in total. The Morgan fingerprint density at radius 1 is 1.22 bits per heavy atom. The number of thioether (sulfide) groups is 2. The zero-order valence-electron chi connectivity index (χ0n) is 10.4. The second kappa shape index (κ2) is 5.87. The molecule has 1 aromatic carbocycles. The summed E-state index contributed by atoms with van der Waals surface area (Å²) >= 11 is 4.17. The van der Waals surface area contributed by atoms with Gasteiger partial charge in [0.1, 0.15) is 0 Å². The Kier molecular flexibility index (Phi) is 4.19. The van der Waals surface area contributed by atoms with Gasteiger partial charge in [-0.25, -0.2) is 0 Å². The molecule has 1 saturated carbocycles. The minimum atomic E-state index is 0.480. The van der Waals surface area contributed by atoms with Crippen LogP contribution in [-0.2, 0) is 0 Å². The molecule has 0 aromatic heterocycles.